The van der Waals surface area contributed by atoms with E-state index in [2.05, 4.69) is 11.1 Å². The molecule has 0 atom stereocenters. The van der Waals surface area contributed by atoms with Gasteiger partial charge in [0.1, 0.15) is 13.2 Å². The van der Waals surface area contributed by atoms with E-state index >= 15 is 0 Å². The Kier molecular flexibility index (Phi) is 3.59. The molecule has 28 heavy (non-hydrogen) atoms. The fraction of sp³-hybridized carbons (Fsp3) is 0.500. The van der Waals surface area contributed by atoms with Crippen molar-refractivity contribution in [1.29, 1.82) is 0 Å². The predicted octanol–water partition coefficient (Wildman–Crippen LogP) is 4.96. The van der Waals surface area contributed by atoms with Gasteiger partial charge in [0.05, 0.1) is 5.52 Å². The van der Waals surface area contributed by atoms with Crippen LogP contribution in [0, 0.1) is 23.2 Å². The van der Waals surface area contributed by atoms with Gasteiger partial charge in [0.2, 0.25) is 0 Å². The Morgan fingerprint density at radius 2 is 1.61 bits per heavy atom. The van der Waals surface area contributed by atoms with Crippen molar-refractivity contribution in [2.75, 3.05) is 13.2 Å². The Bertz CT molecular complexity index is 957. The lowest BCUT2D eigenvalue weighted by molar-refractivity contribution is -0.0238. The van der Waals surface area contributed by atoms with Gasteiger partial charge in [-0.2, -0.15) is 0 Å². The largest absolute Gasteiger partial charge is 0.486 e. The van der Waals surface area contributed by atoms with E-state index in [1.807, 2.05) is 24.3 Å². The SMILES string of the molecule is O=C(/C=C/C12CC3CC(CC(C3)C1)C2)c1cnc2cc3c(cc2c1)OCCO3. The number of carbonyl (C=O) groups is 1. The molecule has 4 heteroatoms. The molecule has 1 aliphatic heterocycles. The first kappa shape index (κ1) is 16.6. The number of ether oxygens (including phenoxy) is 2. The maximum Gasteiger partial charge on any atom is 0.187 e. The molecule has 2 heterocycles. The highest BCUT2D eigenvalue weighted by atomic mass is 16.6. The van der Waals surface area contributed by atoms with Gasteiger partial charge in [-0.3, -0.25) is 9.78 Å². The van der Waals surface area contributed by atoms with Gasteiger partial charge in [-0.15, -0.1) is 0 Å². The lowest BCUT2D eigenvalue weighted by Crippen LogP contribution is -2.45. The van der Waals surface area contributed by atoms with E-state index in [4.69, 9.17) is 9.47 Å². The number of hydrogen-bond acceptors (Lipinski definition) is 4. The third kappa shape index (κ3) is 2.73. The first-order valence-electron chi connectivity index (χ1n) is 10.6. The fourth-order valence-corrected chi connectivity index (χ4v) is 6.53. The number of hydrogen-bond donors (Lipinski definition) is 0. The molecule has 4 bridgehead atoms. The van der Waals surface area contributed by atoms with E-state index < -0.39 is 0 Å². The topological polar surface area (TPSA) is 48.4 Å². The first-order chi connectivity index (χ1) is 13.7. The highest BCUT2D eigenvalue weighted by molar-refractivity contribution is 6.06. The Labute approximate surface area is 164 Å². The number of allylic oxidation sites excluding steroid dienone is 2. The third-order valence-corrected chi connectivity index (χ3v) is 7.30. The summed E-state index contributed by atoms with van der Waals surface area (Å²) in [5.41, 5.74) is 1.75. The summed E-state index contributed by atoms with van der Waals surface area (Å²) in [5.74, 6) is 4.19. The van der Waals surface area contributed by atoms with Crippen LogP contribution in [0.25, 0.3) is 10.9 Å². The van der Waals surface area contributed by atoms with E-state index in [9.17, 15) is 4.79 Å². The lowest BCUT2D eigenvalue weighted by Gasteiger charge is -2.55. The molecule has 0 N–H and O–H groups in total. The predicted molar refractivity (Wildman–Crippen MR) is 107 cm³/mol. The molecule has 7 rings (SSSR count). The van der Waals surface area contributed by atoms with Crippen molar-refractivity contribution in [1.82, 2.24) is 4.98 Å². The summed E-state index contributed by atoms with van der Waals surface area (Å²) in [7, 11) is 0. The van der Waals surface area contributed by atoms with Gasteiger partial charge < -0.3 is 9.47 Å². The van der Waals surface area contributed by atoms with E-state index in [-0.39, 0.29) is 11.2 Å². The average molecular weight is 375 g/mol. The molecule has 144 valence electrons. The summed E-state index contributed by atoms with van der Waals surface area (Å²) in [6, 6.07) is 5.74. The molecule has 0 radical (unpaired) electrons. The highest BCUT2D eigenvalue weighted by Gasteiger charge is 2.49. The number of pyridine rings is 1. The summed E-state index contributed by atoms with van der Waals surface area (Å²) in [6.07, 6.45) is 13.9. The molecule has 4 aliphatic carbocycles. The van der Waals surface area contributed by atoms with Crippen molar-refractivity contribution < 1.29 is 14.3 Å². The number of aromatic nitrogens is 1. The van der Waals surface area contributed by atoms with Gasteiger partial charge >= 0.3 is 0 Å². The van der Waals surface area contributed by atoms with Gasteiger partial charge in [-0.25, -0.2) is 0 Å². The molecule has 4 saturated carbocycles. The van der Waals surface area contributed by atoms with E-state index in [0.717, 1.165) is 40.2 Å². The molecule has 0 amide bonds. The highest BCUT2D eigenvalue weighted by Crippen LogP contribution is 2.60. The zero-order valence-electron chi connectivity index (χ0n) is 16.0. The monoisotopic (exact) mass is 375 g/mol. The maximum absolute atomic E-state index is 12.9. The van der Waals surface area contributed by atoms with Crippen molar-refractivity contribution in [2.45, 2.75) is 38.5 Å². The molecule has 0 saturated heterocycles. The Balaban J connectivity index is 1.27. The maximum atomic E-state index is 12.9. The van der Waals surface area contributed by atoms with Crippen LogP contribution in [-0.4, -0.2) is 24.0 Å². The normalized spacial score (nSPS) is 32.9. The number of ketones is 1. The molecule has 1 aromatic heterocycles. The summed E-state index contributed by atoms with van der Waals surface area (Å²) in [6.45, 7) is 1.11. The van der Waals surface area contributed by atoms with Crippen LogP contribution in [-0.2, 0) is 0 Å². The van der Waals surface area contributed by atoms with Crippen LogP contribution in [0.5, 0.6) is 11.5 Å². The van der Waals surface area contributed by atoms with Crippen molar-refractivity contribution in [2.24, 2.45) is 23.2 Å². The van der Waals surface area contributed by atoms with Crippen LogP contribution >= 0.6 is 0 Å². The number of benzene rings is 1. The van der Waals surface area contributed by atoms with Crippen molar-refractivity contribution in [3.05, 3.63) is 42.1 Å². The van der Waals surface area contributed by atoms with Crippen LogP contribution in [0.2, 0.25) is 0 Å². The second kappa shape index (κ2) is 6.07. The Morgan fingerprint density at radius 1 is 0.964 bits per heavy atom. The quantitative estimate of drug-likeness (QED) is 0.562. The minimum Gasteiger partial charge on any atom is -0.486 e. The van der Waals surface area contributed by atoms with Gasteiger partial charge in [0.25, 0.3) is 0 Å². The molecule has 0 unspecified atom stereocenters. The minimum atomic E-state index is 0.0556. The van der Waals surface area contributed by atoms with E-state index in [1.165, 1.54) is 38.5 Å². The van der Waals surface area contributed by atoms with Crippen LogP contribution in [0.4, 0.5) is 0 Å². The van der Waals surface area contributed by atoms with E-state index in [0.29, 0.717) is 18.8 Å². The second-order valence-corrected chi connectivity index (χ2v) is 9.39. The van der Waals surface area contributed by atoms with Crippen molar-refractivity contribution in [3.63, 3.8) is 0 Å². The van der Waals surface area contributed by atoms with Gasteiger partial charge in [-0.1, -0.05) is 6.08 Å². The second-order valence-electron chi connectivity index (χ2n) is 9.39. The van der Waals surface area contributed by atoms with E-state index in [1.54, 1.807) is 6.20 Å². The van der Waals surface area contributed by atoms with Gasteiger partial charge in [0, 0.05) is 23.2 Å². The lowest BCUT2D eigenvalue weighted by atomic mass is 9.49. The smallest absolute Gasteiger partial charge is 0.187 e. The van der Waals surface area contributed by atoms with Crippen molar-refractivity contribution >= 4 is 16.7 Å². The molecular weight excluding hydrogens is 350 g/mol. The third-order valence-electron chi connectivity index (χ3n) is 7.30. The zero-order chi connectivity index (χ0) is 18.7. The number of rotatable bonds is 3. The molecule has 1 aromatic carbocycles. The molecule has 5 aliphatic rings. The number of carbonyl (C=O) groups excluding carboxylic acids is 1. The molecular formula is C24H25NO3. The fourth-order valence-electron chi connectivity index (χ4n) is 6.53. The van der Waals surface area contributed by atoms with Crippen molar-refractivity contribution in [3.8, 4) is 11.5 Å². The van der Waals surface area contributed by atoms with Crippen LogP contribution < -0.4 is 9.47 Å². The summed E-state index contributed by atoms with van der Waals surface area (Å²) in [4.78, 5) is 17.4. The van der Waals surface area contributed by atoms with Gasteiger partial charge in [0.15, 0.2) is 17.3 Å². The summed E-state index contributed by atoms with van der Waals surface area (Å²) < 4.78 is 11.3. The standard InChI is InChI=1S/C24H25NO3/c26-21(1-2-24-11-15-5-16(12-24)7-17(6-15)13-24)19-8-18-9-22-23(28-4-3-27-22)10-20(18)25-14-19/h1-2,8-10,14-17H,3-7,11-13H2/b2-1+. The first-order valence-corrected chi connectivity index (χ1v) is 10.6. The van der Waals surface area contributed by atoms with Crippen LogP contribution in [0.3, 0.4) is 0 Å². The molecule has 4 nitrogen and oxygen atoms in total. The molecule has 0 spiro atoms. The Hall–Kier alpha value is -2.36. The molecule has 2 aromatic rings. The summed E-state index contributed by atoms with van der Waals surface area (Å²) in [5, 5.41) is 0.915. The zero-order valence-corrected chi connectivity index (χ0v) is 16.0. The molecule has 4 fully saturated rings. The van der Waals surface area contributed by atoms with Crippen LogP contribution in [0.15, 0.2) is 36.5 Å². The Morgan fingerprint density at radius 3 is 2.29 bits per heavy atom. The van der Waals surface area contributed by atoms with Gasteiger partial charge in [-0.05, 0) is 79.9 Å². The average Bonchev–Trinajstić information content (AvgIpc) is 2.69. The minimum absolute atomic E-state index is 0.0556. The van der Waals surface area contributed by atoms with Crippen LogP contribution in [0.1, 0.15) is 48.9 Å². The number of nitrogens with zero attached hydrogens (tertiary/aromatic N) is 1. The number of fused-ring (bicyclic) bond motifs is 2. The summed E-state index contributed by atoms with van der Waals surface area (Å²) >= 11 is 0.